The topological polar surface area (TPSA) is 125 Å². The number of amides is 1. The second kappa shape index (κ2) is 12.6. The van der Waals surface area contributed by atoms with Crippen LogP contribution >= 0.6 is 0 Å². The van der Waals surface area contributed by atoms with Crippen LogP contribution in [0.2, 0.25) is 0 Å². The van der Waals surface area contributed by atoms with Crippen LogP contribution in [0.4, 0.5) is 22.7 Å². The van der Waals surface area contributed by atoms with Crippen molar-refractivity contribution in [1.29, 1.82) is 0 Å². The van der Waals surface area contributed by atoms with Gasteiger partial charge in [-0.3, -0.25) is 13.8 Å². The molecule has 0 aliphatic carbocycles. The maximum atomic E-state index is 13.7. The fourth-order valence-corrected chi connectivity index (χ4v) is 7.57. The smallest absolute Gasteiger partial charge is 0.264 e. The first-order valence-electron chi connectivity index (χ1n) is 14.0. The molecule has 0 unspecified atom stereocenters. The molecule has 0 spiro atoms. The number of hydrogen-bond acceptors (Lipinski definition) is 7. The number of carbonyl (C=O) groups excluding carboxylic acids is 1. The Bertz CT molecular complexity index is 1890. The third kappa shape index (κ3) is 6.51. The van der Waals surface area contributed by atoms with E-state index in [9.17, 15) is 21.6 Å². The molecule has 2 N–H and O–H groups in total. The maximum absolute atomic E-state index is 13.7. The van der Waals surface area contributed by atoms with E-state index in [2.05, 4.69) is 10.0 Å². The van der Waals surface area contributed by atoms with E-state index in [1.807, 2.05) is 24.0 Å². The maximum Gasteiger partial charge on any atom is 0.264 e. The number of benzene rings is 4. The molecular formula is C32H34N4O6S2. The number of aryl methyl sites for hydroxylation is 1. The van der Waals surface area contributed by atoms with Gasteiger partial charge in [-0.25, -0.2) is 16.8 Å². The fraction of sp³-hybridized carbons (Fsp3) is 0.219. The van der Waals surface area contributed by atoms with Gasteiger partial charge in [-0.1, -0.05) is 35.9 Å². The van der Waals surface area contributed by atoms with Gasteiger partial charge in [0, 0.05) is 31.4 Å². The lowest BCUT2D eigenvalue weighted by molar-refractivity contribution is 0.102. The molecule has 1 aliphatic heterocycles. The van der Waals surface area contributed by atoms with Crippen molar-refractivity contribution in [3.8, 4) is 5.75 Å². The quantitative estimate of drug-likeness (QED) is 0.237. The van der Waals surface area contributed by atoms with Crippen LogP contribution in [0.25, 0.3) is 0 Å². The van der Waals surface area contributed by atoms with Gasteiger partial charge in [-0.2, -0.15) is 0 Å². The van der Waals surface area contributed by atoms with Crippen LogP contribution in [-0.2, 0) is 20.0 Å². The van der Waals surface area contributed by atoms with Crippen LogP contribution in [0, 0.1) is 6.92 Å². The number of nitrogens with one attached hydrogen (secondary N) is 2. The predicted molar refractivity (Wildman–Crippen MR) is 173 cm³/mol. The summed E-state index contributed by atoms with van der Waals surface area (Å²) >= 11 is 0. The molecule has 10 nitrogen and oxygen atoms in total. The molecule has 12 heteroatoms. The number of para-hydroxylation sites is 2. The molecule has 0 radical (unpaired) electrons. The van der Waals surface area contributed by atoms with Crippen molar-refractivity contribution < 1.29 is 26.4 Å². The van der Waals surface area contributed by atoms with Crippen molar-refractivity contribution in [2.45, 2.75) is 29.6 Å². The van der Waals surface area contributed by atoms with Crippen molar-refractivity contribution >= 4 is 48.7 Å². The molecule has 0 atom stereocenters. The Morgan fingerprint density at radius 3 is 2.27 bits per heavy atom. The summed E-state index contributed by atoms with van der Waals surface area (Å²) in [6.45, 7) is 3.33. The SMILES string of the molecule is COc1ccccc1NS(=O)(=O)c1cc(NC(=O)c2cccc(S(=O)(=O)N(C)c3ccc(C)cc3)c2)ccc1N1CCCC1. The highest BCUT2D eigenvalue weighted by atomic mass is 32.2. The first-order chi connectivity index (χ1) is 21.0. The average Bonchev–Trinajstić information content (AvgIpc) is 3.56. The number of ether oxygens (including phenoxy) is 1. The van der Waals surface area contributed by atoms with Crippen molar-refractivity contribution in [3.05, 3.63) is 102 Å². The number of nitrogens with zero attached hydrogens (tertiary/aromatic N) is 2. The standard InChI is InChI=1S/C32H34N4O6S2/c1-23-13-16-26(17-14-23)35(2)44(40,41)27-10-8-9-24(21-27)32(37)33-25-15-18-29(36-19-6-7-20-36)31(22-25)43(38,39)34-28-11-4-5-12-30(28)42-3/h4-5,8-18,21-22,34H,6-7,19-20H2,1-3H3,(H,33,37). The van der Waals surface area contributed by atoms with Crippen LogP contribution < -0.4 is 24.0 Å². The van der Waals surface area contributed by atoms with Crippen molar-refractivity contribution in [3.63, 3.8) is 0 Å². The van der Waals surface area contributed by atoms with Crippen LogP contribution in [-0.4, -0.2) is 50.0 Å². The van der Waals surface area contributed by atoms with Gasteiger partial charge in [0.25, 0.3) is 26.0 Å². The summed E-state index contributed by atoms with van der Waals surface area (Å²) in [6, 6.07) is 24.2. The highest BCUT2D eigenvalue weighted by Crippen LogP contribution is 2.34. The summed E-state index contributed by atoms with van der Waals surface area (Å²) in [5.74, 6) is -0.221. The highest BCUT2D eigenvalue weighted by molar-refractivity contribution is 7.93. The van der Waals surface area contributed by atoms with E-state index in [1.165, 1.54) is 44.5 Å². The molecule has 0 bridgehead atoms. The number of methoxy groups -OCH3 is 1. The lowest BCUT2D eigenvalue weighted by Gasteiger charge is -2.23. The summed E-state index contributed by atoms with van der Waals surface area (Å²) in [5, 5.41) is 2.74. The van der Waals surface area contributed by atoms with E-state index < -0.39 is 26.0 Å². The number of sulfonamides is 2. The summed E-state index contributed by atoms with van der Waals surface area (Å²) < 4.78 is 63.3. The zero-order valence-corrected chi connectivity index (χ0v) is 26.3. The molecule has 1 heterocycles. The molecule has 230 valence electrons. The molecule has 1 fully saturated rings. The molecule has 0 aromatic heterocycles. The zero-order chi connectivity index (χ0) is 31.5. The Labute approximate surface area is 258 Å². The molecule has 4 aromatic rings. The van der Waals surface area contributed by atoms with Gasteiger partial charge in [-0.15, -0.1) is 0 Å². The Hall–Kier alpha value is -4.55. The molecule has 4 aromatic carbocycles. The van der Waals surface area contributed by atoms with Gasteiger partial charge in [0.15, 0.2) is 0 Å². The van der Waals surface area contributed by atoms with E-state index in [4.69, 9.17) is 4.74 Å². The Morgan fingerprint density at radius 1 is 0.864 bits per heavy atom. The molecule has 44 heavy (non-hydrogen) atoms. The normalized spacial score (nSPS) is 13.4. The third-order valence-corrected chi connectivity index (χ3v) is 10.6. The number of carbonyl (C=O) groups is 1. The van der Waals surface area contributed by atoms with Crippen LogP contribution in [0.5, 0.6) is 5.75 Å². The first kappa shape index (κ1) is 30.9. The fourth-order valence-electron chi connectivity index (χ4n) is 5.01. The van der Waals surface area contributed by atoms with E-state index in [1.54, 1.807) is 48.5 Å². The van der Waals surface area contributed by atoms with E-state index in [0.29, 0.717) is 30.2 Å². The van der Waals surface area contributed by atoms with E-state index in [0.717, 1.165) is 22.7 Å². The average molecular weight is 635 g/mol. The minimum absolute atomic E-state index is 0.000780. The van der Waals surface area contributed by atoms with Crippen LogP contribution in [0.1, 0.15) is 28.8 Å². The first-order valence-corrected chi connectivity index (χ1v) is 16.9. The van der Waals surface area contributed by atoms with Gasteiger partial charge in [0.2, 0.25) is 0 Å². The minimum atomic E-state index is -4.11. The summed E-state index contributed by atoms with van der Waals surface area (Å²) in [6.07, 6.45) is 1.88. The Balaban J connectivity index is 1.44. The van der Waals surface area contributed by atoms with Gasteiger partial charge < -0.3 is 15.0 Å². The molecule has 0 saturated carbocycles. The zero-order valence-electron chi connectivity index (χ0n) is 24.6. The van der Waals surface area contributed by atoms with Crippen molar-refractivity contribution in [2.75, 3.05) is 46.5 Å². The van der Waals surface area contributed by atoms with E-state index >= 15 is 0 Å². The second-order valence-corrected chi connectivity index (χ2v) is 14.1. The van der Waals surface area contributed by atoms with Gasteiger partial charge in [0.1, 0.15) is 10.6 Å². The van der Waals surface area contributed by atoms with Crippen molar-refractivity contribution in [2.24, 2.45) is 0 Å². The summed E-state index contributed by atoms with van der Waals surface area (Å²) in [5.41, 5.74) is 2.63. The van der Waals surface area contributed by atoms with Gasteiger partial charge >= 0.3 is 0 Å². The van der Waals surface area contributed by atoms with Crippen LogP contribution in [0.3, 0.4) is 0 Å². The predicted octanol–water partition coefficient (Wildman–Crippen LogP) is 5.48. The number of anilines is 4. The highest BCUT2D eigenvalue weighted by Gasteiger charge is 2.27. The van der Waals surface area contributed by atoms with Gasteiger partial charge in [0.05, 0.1) is 29.1 Å². The Morgan fingerprint density at radius 2 is 1.57 bits per heavy atom. The summed E-state index contributed by atoms with van der Waals surface area (Å²) in [7, 11) is -5.16. The van der Waals surface area contributed by atoms with Gasteiger partial charge in [-0.05, 0) is 80.4 Å². The lowest BCUT2D eigenvalue weighted by atomic mass is 10.2. The van der Waals surface area contributed by atoms with Crippen LogP contribution in [0.15, 0.2) is 101 Å². The molecule has 5 rings (SSSR count). The third-order valence-electron chi connectivity index (χ3n) is 7.46. The molecular weight excluding hydrogens is 601 g/mol. The molecule has 1 amide bonds. The summed E-state index contributed by atoms with van der Waals surface area (Å²) in [4.78, 5) is 15.3. The molecule has 1 saturated heterocycles. The molecule has 1 aliphatic rings. The minimum Gasteiger partial charge on any atom is -0.495 e. The lowest BCUT2D eigenvalue weighted by Crippen LogP contribution is -2.27. The van der Waals surface area contributed by atoms with E-state index in [-0.39, 0.29) is 26.7 Å². The largest absolute Gasteiger partial charge is 0.495 e. The second-order valence-electron chi connectivity index (χ2n) is 10.5. The monoisotopic (exact) mass is 634 g/mol. The van der Waals surface area contributed by atoms with Crippen molar-refractivity contribution in [1.82, 2.24) is 0 Å². The Kier molecular flexibility index (Phi) is 8.84. The number of rotatable bonds is 10. The number of hydrogen-bond donors (Lipinski definition) is 2.